The van der Waals surface area contributed by atoms with Crippen LogP contribution in [0.1, 0.15) is 10.4 Å². The number of ether oxygens (including phenoxy) is 2. The molecule has 0 aliphatic carbocycles. The quantitative estimate of drug-likeness (QED) is 0.715. The SMILES string of the molecule is CNS(=O)(=O)c1cc(C(=O)OCC(=O)N(C)c2ccccc2)ccc1OC. The van der Waals surface area contributed by atoms with E-state index in [1.54, 1.807) is 31.3 Å². The van der Waals surface area contributed by atoms with Crippen molar-refractivity contribution in [3.63, 3.8) is 0 Å². The third-order valence-corrected chi connectivity index (χ3v) is 5.24. The van der Waals surface area contributed by atoms with Crippen LogP contribution in [0.4, 0.5) is 5.69 Å². The largest absolute Gasteiger partial charge is 0.495 e. The van der Waals surface area contributed by atoms with Gasteiger partial charge in [0.2, 0.25) is 10.0 Å². The van der Waals surface area contributed by atoms with Crippen molar-refractivity contribution in [3.05, 3.63) is 54.1 Å². The zero-order valence-corrected chi connectivity index (χ0v) is 15.9. The van der Waals surface area contributed by atoms with Crippen LogP contribution in [0.3, 0.4) is 0 Å². The van der Waals surface area contributed by atoms with Gasteiger partial charge in [0.15, 0.2) is 6.61 Å². The monoisotopic (exact) mass is 392 g/mol. The van der Waals surface area contributed by atoms with Gasteiger partial charge in [-0.1, -0.05) is 18.2 Å². The Hall–Kier alpha value is -2.91. The molecular weight excluding hydrogens is 372 g/mol. The fourth-order valence-electron chi connectivity index (χ4n) is 2.23. The van der Waals surface area contributed by atoms with Gasteiger partial charge in [0.05, 0.1) is 12.7 Å². The molecule has 0 saturated heterocycles. The average molecular weight is 392 g/mol. The van der Waals surface area contributed by atoms with Gasteiger partial charge in [0.1, 0.15) is 10.6 Å². The zero-order chi connectivity index (χ0) is 20.0. The predicted octanol–water partition coefficient (Wildman–Crippen LogP) is 1.42. The highest BCUT2D eigenvalue weighted by Crippen LogP contribution is 2.25. The van der Waals surface area contributed by atoms with Crippen molar-refractivity contribution in [3.8, 4) is 5.75 Å². The first-order chi connectivity index (χ1) is 12.8. The van der Waals surface area contributed by atoms with Crippen LogP contribution in [0.15, 0.2) is 53.4 Å². The molecule has 1 N–H and O–H groups in total. The summed E-state index contributed by atoms with van der Waals surface area (Å²) in [5, 5.41) is 0. The molecule has 0 unspecified atom stereocenters. The van der Waals surface area contributed by atoms with E-state index in [0.717, 1.165) is 6.07 Å². The summed E-state index contributed by atoms with van der Waals surface area (Å²) in [5.74, 6) is -1.16. The Morgan fingerprint density at radius 3 is 2.37 bits per heavy atom. The molecule has 0 spiro atoms. The molecule has 2 aromatic rings. The van der Waals surface area contributed by atoms with E-state index < -0.39 is 28.5 Å². The minimum absolute atomic E-state index is 0.0141. The highest BCUT2D eigenvalue weighted by Gasteiger charge is 2.21. The van der Waals surface area contributed by atoms with Gasteiger partial charge < -0.3 is 14.4 Å². The lowest BCUT2D eigenvalue weighted by atomic mass is 10.2. The smallest absolute Gasteiger partial charge is 0.338 e. The van der Waals surface area contributed by atoms with Crippen molar-refractivity contribution in [2.24, 2.45) is 0 Å². The molecule has 2 rings (SSSR count). The number of anilines is 1. The third-order valence-electron chi connectivity index (χ3n) is 3.80. The molecule has 0 radical (unpaired) electrons. The summed E-state index contributed by atoms with van der Waals surface area (Å²) in [6.45, 7) is -0.482. The summed E-state index contributed by atoms with van der Waals surface area (Å²) in [4.78, 5) is 25.6. The van der Waals surface area contributed by atoms with Gasteiger partial charge in [-0.15, -0.1) is 0 Å². The molecule has 0 bridgehead atoms. The minimum Gasteiger partial charge on any atom is -0.495 e. The number of benzene rings is 2. The van der Waals surface area contributed by atoms with Crippen molar-refractivity contribution in [2.75, 3.05) is 32.7 Å². The molecule has 0 fully saturated rings. The lowest BCUT2D eigenvalue weighted by Gasteiger charge is -2.17. The van der Waals surface area contributed by atoms with E-state index in [4.69, 9.17) is 9.47 Å². The van der Waals surface area contributed by atoms with Crippen LogP contribution in [0.2, 0.25) is 0 Å². The maximum Gasteiger partial charge on any atom is 0.338 e. The van der Waals surface area contributed by atoms with Crippen LogP contribution in [-0.2, 0) is 19.6 Å². The number of carbonyl (C=O) groups excluding carboxylic acids is 2. The van der Waals surface area contributed by atoms with Gasteiger partial charge in [0.25, 0.3) is 5.91 Å². The number of hydrogen-bond acceptors (Lipinski definition) is 6. The second-order valence-corrected chi connectivity index (χ2v) is 7.29. The van der Waals surface area contributed by atoms with E-state index in [0.29, 0.717) is 5.69 Å². The summed E-state index contributed by atoms with van der Waals surface area (Å²) >= 11 is 0. The first-order valence-corrected chi connectivity index (χ1v) is 9.38. The molecule has 27 heavy (non-hydrogen) atoms. The maximum absolute atomic E-state index is 12.2. The van der Waals surface area contributed by atoms with Crippen LogP contribution in [0, 0.1) is 0 Å². The molecular formula is C18H20N2O6S. The van der Waals surface area contributed by atoms with Crippen LogP contribution in [-0.4, -0.2) is 48.1 Å². The van der Waals surface area contributed by atoms with Gasteiger partial charge in [0, 0.05) is 12.7 Å². The van der Waals surface area contributed by atoms with Crippen LogP contribution >= 0.6 is 0 Å². The summed E-state index contributed by atoms with van der Waals surface area (Å²) < 4.78 is 36.3. The van der Waals surface area contributed by atoms with Crippen LogP contribution in [0.5, 0.6) is 5.75 Å². The first kappa shape index (κ1) is 20.4. The standard InChI is InChI=1S/C18H20N2O6S/c1-19-27(23,24)16-11-13(9-10-15(16)25-3)18(22)26-12-17(21)20(2)14-7-5-4-6-8-14/h4-11,19H,12H2,1-3H3. The predicted molar refractivity (Wildman–Crippen MR) is 99.4 cm³/mol. The number of carbonyl (C=O) groups is 2. The third kappa shape index (κ3) is 4.83. The first-order valence-electron chi connectivity index (χ1n) is 7.90. The average Bonchev–Trinajstić information content (AvgIpc) is 2.71. The number of esters is 1. The normalized spacial score (nSPS) is 10.9. The molecule has 0 aliphatic rings. The topological polar surface area (TPSA) is 102 Å². The maximum atomic E-state index is 12.2. The van der Waals surface area contributed by atoms with Gasteiger partial charge in [-0.2, -0.15) is 0 Å². The van der Waals surface area contributed by atoms with Gasteiger partial charge >= 0.3 is 5.97 Å². The summed E-state index contributed by atoms with van der Waals surface area (Å²) in [7, 11) is 0.298. The number of rotatable bonds is 7. The Morgan fingerprint density at radius 2 is 1.78 bits per heavy atom. The Kier molecular flexibility index (Phi) is 6.54. The van der Waals surface area contributed by atoms with Gasteiger partial charge in [-0.25, -0.2) is 17.9 Å². The number of hydrogen-bond donors (Lipinski definition) is 1. The molecule has 2 aromatic carbocycles. The molecule has 0 aliphatic heterocycles. The molecule has 0 aromatic heterocycles. The Bertz CT molecular complexity index is 928. The van der Waals surface area contributed by atoms with Crippen molar-refractivity contribution < 1.29 is 27.5 Å². The Labute approximate surface area is 157 Å². The highest BCUT2D eigenvalue weighted by atomic mass is 32.2. The van der Waals surface area contributed by atoms with E-state index in [2.05, 4.69) is 4.72 Å². The van der Waals surface area contributed by atoms with Crippen molar-refractivity contribution >= 4 is 27.6 Å². The van der Waals surface area contributed by atoms with Crippen LogP contribution in [0.25, 0.3) is 0 Å². The molecule has 8 nitrogen and oxygen atoms in total. The van der Waals surface area contributed by atoms with Crippen LogP contribution < -0.4 is 14.4 Å². The van der Waals surface area contributed by atoms with Crippen molar-refractivity contribution in [1.82, 2.24) is 4.72 Å². The van der Waals surface area contributed by atoms with E-state index in [1.165, 1.54) is 31.2 Å². The number of amides is 1. The molecule has 0 saturated carbocycles. The number of sulfonamides is 1. The van der Waals surface area contributed by atoms with E-state index in [9.17, 15) is 18.0 Å². The number of likely N-dealkylation sites (N-methyl/N-ethyl adjacent to an activating group) is 1. The Balaban J connectivity index is 2.12. The van der Waals surface area contributed by atoms with E-state index in [-0.39, 0.29) is 16.2 Å². The molecule has 1 amide bonds. The number of methoxy groups -OCH3 is 1. The zero-order valence-electron chi connectivity index (χ0n) is 15.1. The molecule has 0 atom stereocenters. The number of nitrogens with zero attached hydrogens (tertiary/aromatic N) is 1. The Morgan fingerprint density at radius 1 is 1.11 bits per heavy atom. The van der Waals surface area contributed by atoms with E-state index >= 15 is 0 Å². The second kappa shape index (κ2) is 8.65. The fraction of sp³-hybridized carbons (Fsp3) is 0.222. The molecule has 0 heterocycles. The second-order valence-electron chi connectivity index (χ2n) is 5.44. The fourth-order valence-corrected chi connectivity index (χ4v) is 3.14. The number of nitrogens with one attached hydrogen (secondary N) is 1. The number of para-hydroxylation sites is 1. The molecule has 144 valence electrons. The summed E-state index contributed by atoms with van der Waals surface area (Å²) in [5.41, 5.74) is 0.644. The lowest BCUT2D eigenvalue weighted by Crippen LogP contribution is -2.31. The minimum atomic E-state index is -3.84. The van der Waals surface area contributed by atoms with E-state index in [1.807, 2.05) is 6.07 Å². The van der Waals surface area contributed by atoms with Gasteiger partial charge in [-0.05, 0) is 37.4 Å². The molecule has 9 heteroatoms. The van der Waals surface area contributed by atoms with Crippen molar-refractivity contribution in [1.29, 1.82) is 0 Å². The highest BCUT2D eigenvalue weighted by molar-refractivity contribution is 7.89. The van der Waals surface area contributed by atoms with Crippen molar-refractivity contribution in [2.45, 2.75) is 4.90 Å². The lowest BCUT2D eigenvalue weighted by molar-refractivity contribution is -0.121. The summed E-state index contributed by atoms with van der Waals surface area (Å²) in [6.07, 6.45) is 0. The summed E-state index contributed by atoms with van der Waals surface area (Å²) in [6, 6.07) is 12.7. The van der Waals surface area contributed by atoms with Gasteiger partial charge in [-0.3, -0.25) is 4.79 Å².